The number of hydroxylamine groups is 1. The molecule has 1 heterocycles. The number of hydrogen-bond donors (Lipinski definition) is 0. The van der Waals surface area contributed by atoms with E-state index in [2.05, 4.69) is 0 Å². The monoisotopic (exact) mass is 246 g/mol. The van der Waals surface area contributed by atoms with Crippen molar-refractivity contribution >= 4 is 11.8 Å². The van der Waals surface area contributed by atoms with E-state index >= 15 is 0 Å². The first kappa shape index (κ1) is 11.7. The molecule has 5 nitrogen and oxygen atoms in total. The predicted molar refractivity (Wildman–Crippen MR) is 56.4 cm³/mol. The predicted octanol–water partition coefficient (Wildman–Crippen LogP) is 1.88. The van der Waals surface area contributed by atoms with Crippen molar-refractivity contribution < 1.29 is 9.32 Å². The van der Waals surface area contributed by atoms with Crippen molar-refractivity contribution in [2.24, 2.45) is 0 Å². The van der Waals surface area contributed by atoms with Gasteiger partial charge in [0.1, 0.15) is 0 Å². The maximum absolute atomic E-state index is 13.5. The smallest absolute Gasteiger partial charge is 0.163 e. The maximum Gasteiger partial charge on any atom is 0.163 e. The van der Waals surface area contributed by atoms with E-state index in [9.17, 15) is 4.48 Å². The van der Waals surface area contributed by atoms with Crippen LogP contribution in [0, 0.1) is 0 Å². The van der Waals surface area contributed by atoms with Crippen LogP contribution in [0.2, 0.25) is 0 Å². The Kier molecular flexibility index (Phi) is 3.38. The van der Waals surface area contributed by atoms with Crippen LogP contribution in [0.3, 0.4) is 0 Å². The van der Waals surface area contributed by atoms with Gasteiger partial charge in [0, 0.05) is 24.2 Å². The minimum atomic E-state index is -0.539. The molecule has 0 spiro atoms. The summed E-state index contributed by atoms with van der Waals surface area (Å²) in [6.45, 7) is 0. The summed E-state index contributed by atoms with van der Waals surface area (Å²) in [5, 5.41) is 2.72. The Morgan fingerprint density at radius 2 is 1.94 bits per heavy atom. The zero-order valence-corrected chi connectivity index (χ0v) is 9.67. The van der Waals surface area contributed by atoms with Crippen LogP contribution in [0.1, 0.15) is 11.7 Å². The first-order valence-corrected chi connectivity index (χ1v) is 5.03. The highest BCUT2D eigenvalue weighted by molar-refractivity contribution is 6.13. The molecule has 2 rings (SSSR count). The van der Waals surface area contributed by atoms with Crippen molar-refractivity contribution in [2.75, 3.05) is 14.2 Å². The maximum atomic E-state index is 13.5. The molecule has 0 N–H and O–H groups in total. The summed E-state index contributed by atoms with van der Waals surface area (Å²) < 4.78 is 14.4. The van der Waals surface area contributed by atoms with E-state index in [1.54, 1.807) is 0 Å². The average molecular weight is 247 g/mol. The van der Waals surface area contributed by atoms with Crippen LogP contribution >= 0.6 is 11.8 Å². The van der Waals surface area contributed by atoms with Crippen LogP contribution < -0.4 is 0 Å². The van der Waals surface area contributed by atoms with Gasteiger partial charge in [-0.3, -0.25) is 4.84 Å². The summed E-state index contributed by atoms with van der Waals surface area (Å²) in [5.74, 6) is 0. The van der Waals surface area contributed by atoms with Gasteiger partial charge >= 0.3 is 0 Å². The first-order chi connectivity index (χ1) is 7.66. The van der Waals surface area contributed by atoms with E-state index in [1.165, 1.54) is 19.3 Å². The van der Waals surface area contributed by atoms with E-state index < -0.39 is 6.17 Å². The minimum absolute atomic E-state index is 0.267. The van der Waals surface area contributed by atoms with Gasteiger partial charge in [-0.1, -0.05) is 44.5 Å². The van der Waals surface area contributed by atoms with Gasteiger partial charge < -0.3 is 0 Å². The normalized spacial score (nSPS) is 25.4. The molecule has 1 unspecified atom stereocenters. The van der Waals surface area contributed by atoms with Gasteiger partial charge in [-0.15, -0.1) is 5.12 Å². The van der Waals surface area contributed by atoms with Crippen LogP contribution in [0.15, 0.2) is 30.3 Å². The molecule has 1 aromatic rings. The molecule has 0 radical (unpaired) electrons. The Morgan fingerprint density at radius 1 is 1.31 bits per heavy atom. The van der Waals surface area contributed by atoms with Crippen molar-refractivity contribution in [3.05, 3.63) is 35.9 Å². The molecule has 0 saturated carbocycles. The third kappa shape index (κ3) is 1.80. The molecule has 1 fully saturated rings. The Morgan fingerprint density at radius 3 is 2.50 bits per heavy atom. The molecular weight excluding hydrogens is 235 g/mol. The number of hydrogen-bond acceptors (Lipinski definition) is 5. The number of halogens is 2. The molecule has 7 heteroatoms. The third-order valence-corrected chi connectivity index (χ3v) is 2.69. The van der Waals surface area contributed by atoms with Crippen molar-refractivity contribution in [3.8, 4) is 0 Å². The number of rotatable bonds is 2. The molecule has 88 valence electrons. The standard InChI is InChI=1S/C9H12ClFN4O/c1-12-14(16-2)9(13(10)15(12)11)8-6-4-3-5-7-8/h3-7,9H,1-2H3. The number of hydrazine groups is 3. The molecule has 0 aromatic heterocycles. The van der Waals surface area contributed by atoms with E-state index in [4.69, 9.17) is 16.6 Å². The van der Waals surface area contributed by atoms with Crippen LogP contribution in [0.25, 0.3) is 0 Å². The van der Waals surface area contributed by atoms with Crippen LogP contribution in [-0.2, 0) is 4.84 Å². The average Bonchev–Trinajstić information content (AvgIpc) is 2.54. The van der Waals surface area contributed by atoms with Gasteiger partial charge in [-0.25, -0.2) is 0 Å². The number of nitrogens with zero attached hydrogens (tertiary/aromatic N) is 4. The fourth-order valence-corrected chi connectivity index (χ4v) is 1.91. The Bertz CT molecular complexity index is 355. The molecule has 1 aromatic carbocycles. The Hall–Kier alpha value is -0.760. The topological polar surface area (TPSA) is 22.2 Å². The van der Waals surface area contributed by atoms with Crippen LogP contribution in [0.5, 0.6) is 0 Å². The summed E-state index contributed by atoms with van der Waals surface area (Å²) in [5.41, 5.74) is 0.825. The fraction of sp³-hybridized carbons (Fsp3) is 0.333. The van der Waals surface area contributed by atoms with Crippen molar-refractivity contribution in [1.29, 1.82) is 0 Å². The van der Waals surface area contributed by atoms with Gasteiger partial charge in [-0.05, 0) is 5.56 Å². The quantitative estimate of drug-likeness (QED) is 0.741. The molecule has 0 bridgehead atoms. The summed E-state index contributed by atoms with van der Waals surface area (Å²) in [6, 6.07) is 9.28. The molecule has 0 aliphatic carbocycles. The van der Waals surface area contributed by atoms with E-state index in [-0.39, 0.29) is 5.34 Å². The van der Waals surface area contributed by atoms with Crippen molar-refractivity contribution in [2.45, 2.75) is 6.17 Å². The summed E-state index contributed by atoms with van der Waals surface area (Å²) in [6.07, 6.45) is -0.539. The lowest BCUT2D eigenvalue weighted by molar-refractivity contribution is -0.342. The molecule has 1 aliphatic heterocycles. The molecule has 1 saturated heterocycles. The lowest BCUT2D eigenvalue weighted by atomic mass is 10.2. The molecular formula is C9H12ClFN4O. The number of benzene rings is 1. The Labute approximate surface area is 98.1 Å². The van der Waals surface area contributed by atoms with Crippen LogP contribution in [-0.4, -0.2) is 34.3 Å². The lowest BCUT2D eigenvalue weighted by Crippen LogP contribution is -2.38. The van der Waals surface area contributed by atoms with Crippen molar-refractivity contribution in [3.63, 3.8) is 0 Å². The third-order valence-electron chi connectivity index (χ3n) is 2.38. The zero-order chi connectivity index (χ0) is 11.7. The van der Waals surface area contributed by atoms with Gasteiger partial charge in [0.15, 0.2) is 6.17 Å². The van der Waals surface area contributed by atoms with E-state index in [0.29, 0.717) is 0 Å². The lowest BCUT2D eigenvalue weighted by Gasteiger charge is -2.23. The first-order valence-electron chi connectivity index (χ1n) is 4.69. The van der Waals surface area contributed by atoms with Gasteiger partial charge in [-0.2, -0.15) is 0 Å². The SMILES string of the molecule is CON1C(c2ccccc2)N(Cl)N(F)N1C. The highest BCUT2D eigenvalue weighted by Crippen LogP contribution is 2.36. The van der Waals surface area contributed by atoms with Gasteiger partial charge in [0.2, 0.25) is 0 Å². The van der Waals surface area contributed by atoms with Gasteiger partial charge in [0.05, 0.1) is 7.11 Å². The van der Waals surface area contributed by atoms with E-state index in [0.717, 1.165) is 15.2 Å². The largest absolute Gasteiger partial charge is 0.284 e. The fourth-order valence-electron chi connectivity index (χ4n) is 1.62. The van der Waals surface area contributed by atoms with Crippen LogP contribution in [0.4, 0.5) is 4.48 Å². The van der Waals surface area contributed by atoms with Gasteiger partial charge in [0.25, 0.3) is 0 Å². The Balaban J connectivity index is 2.32. The summed E-state index contributed by atoms with van der Waals surface area (Å²) >= 11 is 5.85. The molecule has 16 heavy (non-hydrogen) atoms. The second-order valence-electron chi connectivity index (χ2n) is 3.29. The summed E-state index contributed by atoms with van der Waals surface area (Å²) in [7, 11) is 2.96. The molecule has 0 amide bonds. The second kappa shape index (κ2) is 4.62. The second-order valence-corrected chi connectivity index (χ2v) is 3.63. The summed E-state index contributed by atoms with van der Waals surface area (Å²) in [4.78, 5) is 5.08. The minimum Gasteiger partial charge on any atom is -0.284 e. The molecule has 1 aliphatic rings. The molecule has 1 atom stereocenters. The zero-order valence-electron chi connectivity index (χ0n) is 8.92. The highest BCUT2D eigenvalue weighted by Gasteiger charge is 2.44. The highest BCUT2D eigenvalue weighted by atomic mass is 35.5. The van der Waals surface area contributed by atoms with E-state index in [1.807, 2.05) is 30.3 Å². The van der Waals surface area contributed by atoms with Crippen molar-refractivity contribution in [1.82, 2.24) is 20.2 Å².